The largest absolute Gasteiger partial charge is 0.493 e. The average molecular weight is 346 g/mol. The molecule has 3 rings (SSSR count). The molecule has 0 N–H and O–H groups in total. The number of carbonyl (C=O) groups is 2. The van der Waals surface area contributed by atoms with Gasteiger partial charge in [-0.05, 0) is 32.9 Å². The highest BCUT2D eigenvalue weighted by Crippen LogP contribution is 2.31. The Morgan fingerprint density at radius 3 is 2.32 bits per heavy atom. The molecule has 0 spiro atoms. The second kappa shape index (κ2) is 6.58. The molecule has 1 atom stereocenters. The highest BCUT2D eigenvalue weighted by atomic mass is 16.5. The van der Waals surface area contributed by atoms with Gasteiger partial charge in [-0.25, -0.2) is 0 Å². The number of carbonyl (C=O) groups excluding carboxylic acids is 2. The second-order valence-corrected chi connectivity index (χ2v) is 7.71. The molecule has 0 bridgehead atoms. The number of para-hydroxylation sites is 2. The minimum atomic E-state index is -0.240. The fraction of sp³-hybridized carbons (Fsp3) is 0.579. The molecule has 6 nitrogen and oxygen atoms in total. The third-order valence-electron chi connectivity index (χ3n) is 4.81. The quantitative estimate of drug-likeness (QED) is 0.836. The first kappa shape index (κ1) is 17.6. The zero-order valence-corrected chi connectivity index (χ0v) is 15.3. The van der Waals surface area contributed by atoms with Gasteiger partial charge in [-0.15, -0.1) is 0 Å². The SMILES string of the molecule is COc1ccccc1OC1CN(C(=O)[C@@H]2CC(=O)N(C(C)(C)C)C2)C1. The van der Waals surface area contributed by atoms with Crippen molar-refractivity contribution in [3.8, 4) is 11.5 Å². The summed E-state index contributed by atoms with van der Waals surface area (Å²) >= 11 is 0. The van der Waals surface area contributed by atoms with Crippen molar-refractivity contribution in [2.45, 2.75) is 38.8 Å². The van der Waals surface area contributed by atoms with E-state index in [2.05, 4.69) is 0 Å². The van der Waals surface area contributed by atoms with Gasteiger partial charge < -0.3 is 19.3 Å². The minimum absolute atomic E-state index is 0.0314. The van der Waals surface area contributed by atoms with E-state index in [4.69, 9.17) is 9.47 Å². The van der Waals surface area contributed by atoms with E-state index in [9.17, 15) is 9.59 Å². The van der Waals surface area contributed by atoms with Crippen LogP contribution in [-0.2, 0) is 9.59 Å². The fourth-order valence-corrected chi connectivity index (χ4v) is 3.37. The van der Waals surface area contributed by atoms with E-state index in [1.165, 1.54) is 0 Å². The monoisotopic (exact) mass is 346 g/mol. The fourth-order valence-electron chi connectivity index (χ4n) is 3.37. The van der Waals surface area contributed by atoms with Crippen LogP contribution in [0.2, 0.25) is 0 Å². The molecule has 0 radical (unpaired) electrons. The van der Waals surface area contributed by atoms with Crippen LogP contribution < -0.4 is 9.47 Å². The molecule has 2 saturated heterocycles. The second-order valence-electron chi connectivity index (χ2n) is 7.71. The van der Waals surface area contributed by atoms with E-state index >= 15 is 0 Å². The lowest BCUT2D eigenvalue weighted by molar-refractivity contribution is -0.144. The number of rotatable bonds is 4. The normalized spacial score (nSPS) is 21.3. The Kier molecular flexibility index (Phi) is 4.62. The zero-order chi connectivity index (χ0) is 18.2. The average Bonchev–Trinajstić information content (AvgIpc) is 2.92. The first-order chi connectivity index (χ1) is 11.8. The summed E-state index contributed by atoms with van der Waals surface area (Å²) in [6.07, 6.45) is 0.279. The summed E-state index contributed by atoms with van der Waals surface area (Å²) in [4.78, 5) is 28.4. The van der Waals surface area contributed by atoms with E-state index in [-0.39, 0.29) is 29.4 Å². The van der Waals surface area contributed by atoms with Gasteiger partial charge in [0.05, 0.1) is 26.1 Å². The minimum Gasteiger partial charge on any atom is -0.493 e. The maximum atomic E-state index is 12.6. The van der Waals surface area contributed by atoms with Crippen LogP contribution in [0.4, 0.5) is 0 Å². The summed E-state index contributed by atoms with van der Waals surface area (Å²) in [7, 11) is 1.61. The number of nitrogens with zero attached hydrogens (tertiary/aromatic N) is 2. The molecule has 2 aliphatic heterocycles. The number of methoxy groups -OCH3 is 1. The lowest BCUT2D eigenvalue weighted by atomic mass is 10.0. The van der Waals surface area contributed by atoms with Crippen molar-refractivity contribution in [3.05, 3.63) is 24.3 Å². The molecule has 2 aliphatic rings. The Morgan fingerprint density at radius 2 is 1.76 bits per heavy atom. The third kappa shape index (κ3) is 3.57. The topological polar surface area (TPSA) is 59.1 Å². The van der Waals surface area contributed by atoms with Gasteiger partial charge in [-0.1, -0.05) is 12.1 Å². The van der Waals surface area contributed by atoms with E-state index in [1.54, 1.807) is 16.9 Å². The zero-order valence-electron chi connectivity index (χ0n) is 15.3. The molecule has 2 heterocycles. The molecule has 2 amide bonds. The third-order valence-corrected chi connectivity index (χ3v) is 4.81. The van der Waals surface area contributed by atoms with Crippen LogP contribution in [0.5, 0.6) is 11.5 Å². The Labute approximate surface area is 148 Å². The first-order valence-corrected chi connectivity index (χ1v) is 8.68. The van der Waals surface area contributed by atoms with Gasteiger partial charge in [-0.2, -0.15) is 0 Å². The molecule has 0 unspecified atom stereocenters. The standard InChI is InChI=1S/C19H26N2O4/c1-19(2,3)21-10-13(9-17(21)22)18(23)20-11-14(12-20)25-16-8-6-5-7-15(16)24-4/h5-8,13-14H,9-12H2,1-4H3/t13-/m1/s1. The Balaban J connectivity index is 1.53. The van der Waals surface area contributed by atoms with Crippen molar-refractivity contribution in [3.63, 3.8) is 0 Å². The summed E-state index contributed by atoms with van der Waals surface area (Å²) in [6.45, 7) is 7.61. The summed E-state index contributed by atoms with van der Waals surface area (Å²) in [5, 5.41) is 0. The maximum Gasteiger partial charge on any atom is 0.228 e. The summed E-state index contributed by atoms with van der Waals surface area (Å²) in [5.74, 6) is 1.26. The molecule has 25 heavy (non-hydrogen) atoms. The van der Waals surface area contributed by atoms with E-state index in [0.29, 0.717) is 37.6 Å². The lowest BCUT2D eigenvalue weighted by Crippen LogP contribution is -2.58. The van der Waals surface area contributed by atoms with Crippen molar-refractivity contribution in [1.82, 2.24) is 9.80 Å². The molecular formula is C19H26N2O4. The highest BCUT2D eigenvalue weighted by Gasteiger charge is 2.43. The van der Waals surface area contributed by atoms with E-state index < -0.39 is 0 Å². The first-order valence-electron chi connectivity index (χ1n) is 8.68. The number of hydrogen-bond donors (Lipinski definition) is 0. The van der Waals surface area contributed by atoms with Crippen molar-refractivity contribution in [1.29, 1.82) is 0 Å². The highest BCUT2D eigenvalue weighted by molar-refractivity contribution is 5.90. The van der Waals surface area contributed by atoms with Gasteiger partial charge in [0.2, 0.25) is 11.8 Å². The molecule has 0 aliphatic carbocycles. The van der Waals surface area contributed by atoms with Crippen LogP contribution in [0.15, 0.2) is 24.3 Å². The molecule has 1 aromatic rings. The van der Waals surface area contributed by atoms with Crippen molar-refractivity contribution in [2.24, 2.45) is 5.92 Å². The molecule has 6 heteroatoms. The molecule has 0 aromatic heterocycles. The number of benzene rings is 1. The van der Waals surface area contributed by atoms with Gasteiger partial charge >= 0.3 is 0 Å². The number of amides is 2. The van der Waals surface area contributed by atoms with Crippen molar-refractivity contribution in [2.75, 3.05) is 26.7 Å². The Morgan fingerprint density at radius 1 is 1.12 bits per heavy atom. The van der Waals surface area contributed by atoms with Crippen LogP contribution >= 0.6 is 0 Å². The van der Waals surface area contributed by atoms with Crippen LogP contribution in [0, 0.1) is 5.92 Å². The van der Waals surface area contributed by atoms with Crippen LogP contribution in [0.3, 0.4) is 0 Å². The van der Waals surface area contributed by atoms with Gasteiger partial charge in [0.1, 0.15) is 6.10 Å². The van der Waals surface area contributed by atoms with Gasteiger partial charge in [0.15, 0.2) is 11.5 Å². The maximum absolute atomic E-state index is 12.6. The van der Waals surface area contributed by atoms with Crippen LogP contribution in [-0.4, -0.2) is 60.0 Å². The molecule has 2 fully saturated rings. The summed E-state index contributed by atoms with van der Waals surface area (Å²) in [6, 6.07) is 7.49. The van der Waals surface area contributed by atoms with E-state index in [1.807, 2.05) is 45.0 Å². The molecule has 0 saturated carbocycles. The van der Waals surface area contributed by atoms with Crippen molar-refractivity contribution < 1.29 is 19.1 Å². The molecule has 1 aromatic carbocycles. The van der Waals surface area contributed by atoms with Gasteiger partial charge in [0.25, 0.3) is 0 Å². The molecule has 136 valence electrons. The smallest absolute Gasteiger partial charge is 0.228 e. The predicted molar refractivity (Wildman–Crippen MR) is 93.6 cm³/mol. The van der Waals surface area contributed by atoms with Crippen LogP contribution in [0.1, 0.15) is 27.2 Å². The van der Waals surface area contributed by atoms with Crippen molar-refractivity contribution >= 4 is 11.8 Å². The Bertz CT molecular complexity index is 662. The Hall–Kier alpha value is -2.24. The lowest BCUT2D eigenvalue weighted by Gasteiger charge is -2.40. The van der Waals surface area contributed by atoms with Gasteiger partial charge in [0, 0.05) is 18.5 Å². The summed E-state index contributed by atoms with van der Waals surface area (Å²) in [5.41, 5.74) is -0.240. The number of hydrogen-bond acceptors (Lipinski definition) is 4. The predicted octanol–water partition coefficient (Wildman–Crippen LogP) is 1.93. The molecular weight excluding hydrogens is 320 g/mol. The van der Waals surface area contributed by atoms with Crippen LogP contribution in [0.25, 0.3) is 0 Å². The number of likely N-dealkylation sites (tertiary alicyclic amines) is 2. The van der Waals surface area contributed by atoms with Gasteiger partial charge in [-0.3, -0.25) is 9.59 Å². The number of ether oxygens (including phenoxy) is 2. The summed E-state index contributed by atoms with van der Waals surface area (Å²) < 4.78 is 11.2. The van der Waals surface area contributed by atoms with E-state index in [0.717, 1.165) is 0 Å².